The molecule has 44 heavy (non-hydrogen) atoms. The van der Waals surface area contributed by atoms with Gasteiger partial charge in [0.15, 0.2) is 0 Å². The summed E-state index contributed by atoms with van der Waals surface area (Å²) in [5, 5.41) is 0.777. The number of ether oxygens (including phenoxy) is 3. The van der Waals surface area contributed by atoms with Crippen LogP contribution in [0.4, 0.5) is 0 Å². The lowest BCUT2D eigenvalue weighted by Gasteiger charge is -2.14. The van der Waals surface area contributed by atoms with Gasteiger partial charge in [-0.05, 0) is 94.2 Å². The minimum Gasteiger partial charge on any atom is -0.465 e. The van der Waals surface area contributed by atoms with Crippen LogP contribution in [0.15, 0.2) is 88.1 Å². The normalized spacial score (nSPS) is 10.7. The number of esters is 3. The zero-order valence-corrected chi connectivity index (χ0v) is 25.8. The number of unbranched alkanes of at least 4 members (excludes halogenated alkanes) is 2. The van der Waals surface area contributed by atoms with Crippen LogP contribution < -0.4 is 10.4 Å². The molecular formula is C36H40O8. The number of hydrogen-bond acceptors (Lipinski definition) is 8. The quantitative estimate of drug-likeness (QED) is 0.0424. The van der Waals surface area contributed by atoms with E-state index in [0.29, 0.717) is 66.9 Å². The number of benzene rings is 2. The van der Waals surface area contributed by atoms with E-state index in [4.69, 9.17) is 18.6 Å². The van der Waals surface area contributed by atoms with Crippen LogP contribution in [0.5, 0.6) is 5.75 Å². The third-order valence-electron chi connectivity index (χ3n) is 6.78. The first kappa shape index (κ1) is 33.8. The van der Waals surface area contributed by atoms with Gasteiger partial charge in [-0.15, -0.1) is 0 Å². The number of carbonyl (C=O) groups is 3. The number of hydrogen-bond donors (Lipinski definition) is 0. The van der Waals surface area contributed by atoms with Gasteiger partial charge in [-0.3, -0.25) is 4.79 Å². The van der Waals surface area contributed by atoms with Crippen molar-refractivity contribution in [3.05, 3.63) is 100 Å². The first-order valence-corrected chi connectivity index (χ1v) is 14.7. The highest BCUT2D eigenvalue weighted by Gasteiger charge is 2.15. The molecule has 0 radical (unpaired) electrons. The van der Waals surface area contributed by atoms with E-state index < -0.39 is 17.6 Å². The van der Waals surface area contributed by atoms with Gasteiger partial charge in [0.25, 0.3) is 0 Å². The highest BCUT2D eigenvalue weighted by molar-refractivity contribution is 5.89. The van der Waals surface area contributed by atoms with Gasteiger partial charge >= 0.3 is 23.5 Å². The summed E-state index contributed by atoms with van der Waals surface area (Å²) in [5.74, 6) is -0.876. The molecule has 0 fully saturated rings. The molecule has 0 aliphatic heterocycles. The molecule has 0 aliphatic carbocycles. The number of rotatable bonds is 16. The molecule has 3 rings (SSSR count). The molecule has 3 aromatic rings. The van der Waals surface area contributed by atoms with Crippen LogP contribution in [-0.4, -0.2) is 31.1 Å². The van der Waals surface area contributed by atoms with E-state index in [1.807, 2.05) is 12.1 Å². The minimum absolute atomic E-state index is 0.199. The molecule has 8 heteroatoms. The van der Waals surface area contributed by atoms with Crippen molar-refractivity contribution in [2.45, 2.75) is 65.7 Å². The first-order chi connectivity index (χ1) is 21.0. The molecule has 0 spiro atoms. The van der Waals surface area contributed by atoms with E-state index in [9.17, 15) is 19.2 Å². The Balaban J connectivity index is 1.81. The van der Waals surface area contributed by atoms with E-state index in [1.54, 1.807) is 51.1 Å². The molecule has 0 bridgehead atoms. The topological polar surface area (TPSA) is 109 Å². The van der Waals surface area contributed by atoms with Gasteiger partial charge < -0.3 is 18.6 Å². The Bertz CT molecular complexity index is 1610. The molecule has 1 heterocycles. The van der Waals surface area contributed by atoms with Gasteiger partial charge in [-0.2, -0.15) is 0 Å². The molecule has 0 saturated carbocycles. The Labute approximate surface area is 258 Å². The summed E-state index contributed by atoms with van der Waals surface area (Å²) in [5.41, 5.74) is 4.43. The summed E-state index contributed by atoms with van der Waals surface area (Å²) in [7, 11) is 0. The molecule has 1 aromatic heterocycles. The van der Waals surface area contributed by atoms with Gasteiger partial charge in [0.05, 0.1) is 25.2 Å². The second kappa shape index (κ2) is 16.2. The molecule has 0 saturated heterocycles. The summed E-state index contributed by atoms with van der Waals surface area (Å²) >= 11 is 0. The highest BCUT2D eigenvalue weighted by Crippen LogP contribution is 2.29. The highest BCUT2D eigenvalue weighted by atomic mass is 16.5. The van der Waals surface area contributed by atoms with Crippen molar-refractivity contribution in [3.63, 3.8) is 0 Å². The van der Waals surface area contributed by atoms with Crippen molar-refractivity contribution in [1.82, 2.24) is 0 Å². The Kier molecular flexibility index (Phi) is 12.4. The maximum absolute atomic E-state index is 13.2. The lowest BCUT2D eigenvalue weighted by atomic mass is 9.94. The molecule has 232 valence electrons. The summed E-state index contributed by atoms with van der Waals surface area (Å²) in [6.45, 7) is 16.5. The molecule has 0 N–H and O–H groups in total. The van der Waals surface area contributed by atoms with Crippen molar-refractivity contribution in [3.8, 4) is 16.9 Å². The Morgan fingerprint density at radius 2 is 1.41 bits per heavy atom. The largest absolute Gasteiger partial charge is 0.465 e. The van der Waals surface area contributed by atoms with Gasteiger partial charge in [0.2, 0.25) is 0 Å². The molecule has 0 unspecified atom stereocenters. The van der Waals surface area contributed by atoms with Crippen LogP contribution in [0.2, 0.25) is 0 Å². The second-order valence-corrected chi connectivity index (χ2v) is 10.9. The molecule has 0 amide bonds. The van der Waals surface area contributed by atoms with Gasteiger partial charge in [-0.25, -0.2) is 14.4 Å². The van der Waals surface area contributed by atoms with Crippen molar-refractivity contribution in [2.75, 3.05) is 13.2 Å². The van der Waals surface area contributed by atoms with Gasteiger partial charge in [-0.1, -0.05) is 49.6 Å². The minimum atomic E-state index is -0.524. The van der Waals surface area contributed by atoms with E-state index >= 15 is 0 Å². The van der Waals surface area contributed by atoms with Crippen molar-refractivity contribution >= 4 is 28.9 Å². The lowest BCUT2D eigenvalue weighted by Crippen LogP contribution is -2.09. The van der Waals surface area contributed by atoms with Crippen LogP contribution >= 0.6 is 0 Å². The molecule has 8 nitrogen and oxygen atoms in total. The first-order valence-electron chi connectivity index (χ1n) is 14.7. The molecule has 0 atom stereocenters. The maximum Gasteiger partial charge on any atom is 0.344 e. The average molecular weight is 601 g/mol. The fraction of sp³-hybridized carbons (Fsp3) is 0.333. The molecule has 2 aromatic carbocycles. The Morgan fingerprint density at radius 3 is 2.05 bits per heavy atom. The average Bonchev–Trinajstić information content (AvgIpc) is 2.97. The Hall–Kier alpha value is -4.72. The van der Waals surface area contributed by atoms with Crippen LogP contribution in [0, 0.1) is 0 Å². The predicted octanol–water partition coefficient (Wildman–Crippen LogP) is 7.22. The van der Waals surface area contributed by atoms with Crippen LogP contribution in [-0.2, 0) is 36.7 Å². The summed E-state index contributed by atoms with van der Waals surface area (Å²) in [6, 6.07) is 12.4. The van der Waals surface area contributed by atoms with Gasteiger partial charge in [0, 0.05) is 16.5 Å². The van der Waals surface area contributed by atoms with Crippen molar-refractivity contribution in [1.29, 1.82) is 0 Å². The molecular weight excluding hydrogens is 560 g/mol. The number of aryl methyl sites for hydroxylation is 2. The van der Waals surface area contributed by atoms with Crippen LogP contribution in [0.25, 0.3) is 22.1 Å². The third-order valence-corrected chi connectivity index (χ3v) is 6.78. The standard InChI is InChI=1S/C36H40O8/c1-23(2)21-32(37)41-19-10-8-12-30-26(11-7-9-20-42-34(38)24(3)4)13-14-28-22-31(36(40)44-33(28)30)27-15-17-29(18-16-27)43-35(39)25(5)6/h13-18,22H,1,3,5,7-12,19-21H2,2,4,6H3. The SMILES string of the molecule is C=C(C)CC(=O)OCCCCc1c(CCCCOC(=O)C(=C)C)ccc2cc(-c3ccc(OC(=O)C(=C)C)cc3)c(=O)oc12. The summed E-state index contributed by atoms with van der Waals surface area (Å²) < 4.78 is 21.7. The van der Waals surface area contributed by atoms with E-state index in [2.05, 4.69) is 19.7 Å². The zero-order valence-electron chi connectivity index (χ0n) is 25.8. The third kappa shape index (κ3) is 9.93. The van der Waals surface area contributed by atoms with E-state index in [0.717, 1.165) is 34.9 Å². The fourth-order valence-corrected chi connectivity index (χ4v) is 4.48. The number of fused-ring (bicyclic) bond motifs is 1. The smallest absolute Gasteiger partial charge is 0.344 e. The lowest BCUT2D eigenvalue weighted by molar-refractivity contribution is -0.143. The fourth-order valence-electron chi connectivity index (χ4n) is 4.48. The predicted molar refractivity (Wildman–Crippen MR) is 170 cm³/mol. The monoisotopic (exact) mass is 600 g/mol. The summed E-state index contributed by atoms with van der Waals surface area (Å²) in [6.07, 6.45) is 4.35. The van der Waals surface area contributed by atoms with Crippen molar-refractivity contribution in [2.24, 2.45) is 0 Å². The molecule has 0 aliphatic rings. The number of carbonyl (C=O) groups excluding carboxylic acids is 3. The van der Waals surface area contributed by atoms with Crippen molar-refractivity contribution < 1.29 is 33.0 Å². The van der Waals surface area contributed by atoms with Crippen LogP contribution in [0.3, 0.4) is 0 Å². The van der Waals surface area contributed by atoms with Gasteiger partial charge in [0.1, 0.15) is 11.3 Å². The maximum atomic E-state index is 13.2. The van der Waals surface area contributed by atoms with E-state index in [-0.39, 0.29) is 18.0 Å². The summed E-state index contributed by atoms with van der Waals surface area (Å²) in [4.78, 5) is 48.6. The van der Waals surface area contributed by atoms with Crippen LogP contribution in [0.1, 0.15) is 64.0 Å². The zero-order chi connectivity index (χ0) is 32.2. The second-order valence-electron chi connectivity index (χ2n) is 10.9. The Morgan fingerprint density at radius 1 is 0.773 bits per heavy atom. The van der Waals surface area contributed by atoms with E-state index in [1.165, 1.54) is 0 Å².